The molecule has 0 saturated carbocycles. The predicted octanol–water partition coefficient (Wildman–Crippen LogP) is 1.90. The number of halogens is 2. The molecule has 7 heteroatoms. The molecular weight excluding hydrogens is 267 g/mol. The number of carbonyl (C=O) groups excluding carboxylic acids is 1. The van der Waals surface area contributed by atoms with Gasteiger partial charge in [0.05, 0.1) is 0 Å². The Labute approximate surface area is 108 Å². The van der Waals surface area contributed by atoms with Crippen LogP contribution >= 0.6 is 23.6 Å². The van der Waals surface area contributed by atoms with Gasteiger partial charge in [0.1, 0.15) is 6.04 Å². The smallest absolute Gasteiger partial charge is 0.324 e. The van der Waals surface area contributed by atoms with E-state index in [9.17, 15) is 9.59 Å². The van der Waals surface area contributed by atoms with E-state index in [2.05, 4.69) is 0 Å². The van der Waals surface area contributed by atoms with Crippen LogP contribution < -0.4 is 5.73 Å². The van der Waals surface area contributed by atoms with Crippen LogP contribution in [0.1, 0.15) is 16.8 Å². The number of carbonyl (C=O) groups is 2. The second-order valence-electron chi connectivity index (χ2n) is 3.33. The Bertz CT molecular complexity index is 437. The van der Waals surface area contributed by atoms with Gasteiger partial charge in [-0.15, -0.1) is 3.94 Å². The van der Waals surface area contributed by atoms with Gasteiger partial charge >= 0.3 is 5.97 Å². The van der Waals surface area contributed by atoms with Gasteiger partial charge in [0.15, 0.2) is 5.78 Å². The summed E-state index contributed by atoms with van der Waals surface area (Å²) in [5.41, 5.74) is 6.15. The van der Waals surface area contributed by atoms with E-state index in [-0.39, 0.29) is 17.7 Å². The van der Waals surface area contributed by atoms with Crippen molar-refractivity contribution in [3.8, 4) is 0 Å². The number of hydrogen-bond donors (Lipinski definition) is 2. The molecule has 0 radical (unpaired) electrons. The number of anilines is 1. The molecule has 1 aromatic carbocycles. The number of hydrogen-bond acceptors (Lipinski definition) is 4. The van der Waals surface area contributed by atoms with Crippen molar-refractivity contribution in [3.63, 3.8) is 0 Å². The Balaban J connectivity index is 2.85. The molecule has 0 heterocycles. The Morgan fingerprint density at radius 2 is 1.94 bits per heavy atom. The monoisotopic (exact) mass is 276 g/mol. The molecule has 0 spiro atoms. The van der Waals surface area contributed by atoms with Crippen LogP contribution in [0.4, 0.5) is 5.69 Å². The number of para-hydroxylation sites is 1. The lowest BCUT2D eigenvalue weighted by Gasteiger charge is -2.14. The third-order valence-electron chi connectivity index (χ3n) is 2.16. The highest BCUT2D eigenvalue weighted by Crippen LogP contribution is 2.18. The van der Waals surface area contributed by atoms with Crippen molar-refractivity contribution in [1.82, 2.24) is 3.94 Å². The van der Waals surface area contributed by atoms with Crippen molar-refractivity contribution in [2.75, 3.05) is 5.73 Å². The molecule has 17 heavy (non-hydrogen) atoms. The summed E-state index contributed by atoms with van der Waals surface area (Å²) >= 11 is 10.7. The summed E-state index contributed by atoms with van der Waals surface area (Å²) in [7, 11) is 0. The minimum atomic E-state index is -1.30. The van der Waals surface area contributed by atoms with Crippen LogP contribution in [-0.4, -0.2) is 26.8 Å². The lowest BCUT2D eigenvalue weighted by Crippen LogP contribution is -2.32. The molecule has 0 bridgehead atoms. The predicted molar refractivity (Wildman–Crippen MR) is 64.8 cm³/mol. The number of nitrogens with two attached hydrogens (primary N) is 1. The van der Waals surface area contributed by atoms with Crippen LogP contribution in [0, 0.1) is 0 Å². The summed E-state index contributed by atoms with van der Waals surface area (Å²) in [5.74, 6) is -1.71. The van der Waals surface area contributed by atoms with Crippen LogP contribution in [0.25, 0.3) is 0 Å². The Morgan fingerprint density at radius 3 is 2.41 bits per heavy atom. The van der Waals surface area contributed by atoms with Crippen molar-refractivity contribution in [3.05, 3.63) is 29.8 Å². The molecule has 1 rings (SSSR count). The van der Waals surface area contributed by atoms with Gasteiger partial charge in [0.2, 0.25) is 0 Å². The number of nitrogens with zero attached hydrogens (tertiary/aromatic N) is 1. The van der Waals surface area contributed by atoms with Gasteiger partial charge in [-0.2, -0.15) is 0 Å². The summed E-state index contributed by atoms with van der Waals surface area (Å²) in [6.07, 6.45) is -0.351. The van der Waals surface area contributed by atoms with Crippen LogP contribution in [-0.2, 0) is 4.79 Å². The fraction of sp³-hybridized carbons (Fsp3) is 0.200. The van der Waals surface area contributed by atoms with Gasteiger partial charge in [0, 0.05) is 17.7 Å². The number of nitrogen functional groups attached to an aromatic ring is 1. The molecule has 92 valence electrons. The molecule has 0 fully saturated rings. The highest BCUT2D eigenvalue weighted by atomic mass is 35.5. The largest absolute Gasteiger partial charge is 0.480 e. The van der Waals surface area contributed by atoms with Gasteiger partial charge in [-0.3, -0.25) is 9.59 Å². The molecule has 1 aromatic rings. The molecule has 5 nitrogen and oxygen atoms in total. The first kappa shape index (κ1) is 13.8. The molecule has 0 amide bonds. The fourth-order valence-electron chi connectivity index (χ4n) is 1.28. The minimum Gasteiger partial charge on any atom is -0.480 e. The van der Waals surface area contributed by atoms with E-state index < -0.39 is 17.8 Å². The first-order valence-electron chi connectivity index (χ1n) is 4.64. The Hall–Kier alpha value is -1.30. The quantitative estimate of drug-likeness (QED) is 0.488. The SMILES string of the molecule is Nc1ccccc1C(=O)C[C@@H](C(=O)O)N(Cl)Cl. The molecule has 0 saturated heterocycles. The number of aliphatic carboxylic acids is 1. The maximum absolute atomic E-state index is 11.8. The molecule has 0 aliphatic carbocycles. The third-order valence-corrected chi connectivity index (χ3v) is 2.63. The van der Waals surface area contributed by atoms with E-state index in [0.29, 0.717) is 3.94 Å². The molecule has 3 N–H and O–H groups in total. The van der Waals surface area contributed by atoms with Gasteiger partial charge in [-0.25, -0.2) is 0 Å². The van der Waals surface area contributed by atoms with Gasteiger partial charge in [-0.05, 0) is 35.7 Å². The lowest BCUT2D eigenvalue weighted by molar-refractivity contribution is -0.140. The maximum Gasteiger partial charge on any atom is 0.324 e. The van der Waals surface area contributed by atoms with E-state index >= 15 is 0 Å². The highest BCUT2D eigenvalue weighted by Gasteiger charge is 2.27. The summed E-state index contributed by atoms with van der Waals surface area (Å²) in [6.45, 7) is 0. The van der Waals surface area contributed by atoms with Crippen LogP contribution in [0.5, 0.6) is 0 Å². The Kier molecular flexibility index (Phi) is 4.74. The number of rotatable bonds is 5. The zero-order valence-electron chi connectivity index (χ0n) is 8.64. The van der Waals surface area contributed by atoms with Crippen LogP contribution in [0.15, 0.2) is 24.3 Å². The summed E-state index contributed by atoms with van der Waals surface area (Å²) in [5, 5.41) is 8.81. The zero-order chi connectivity index (χ0) is 13.0. The lowest BCUT2D eigenvalue weighted by atomic mass is 10.0. The van der Waals surface area contributed by atoms with Crippen LogP contribution in [0.2, 0.25) is 0 Å². The third kappa shape index (κ3) is 3.59. The van der Waals surface area contributed by atoms with Crippen molar-refractivity contribution in [2.45, 2.75) is 12.5 Å². The van der Waals surface area contributed by atoms with Gasteiger partial charge in [0.25, 0.3) is 0 Å². The number of Topliss-reactive ketones (excluding diaryl/α,β-unsaturated/α-hetero) is 1. The highest BCUT2D eigenvalue weighted by molar-refractivity contribution is 6.35. The van der Waals surface area contributed by atoms with Crippen molar-refractivity contribution in [1.29, 1.82) is 0 Å². The van der Waals surface area contributed by atoms with Crippen molar-refractivity contribution < 1.29 is 14.7 Å². The molecule has 0 unspecified atom stereocenters. The number of carboxylic acids is 1. The average Bonchev–Trinajstić information content (AvgIpc) is 2.25. The molecule has 0 aliphatic heterocycles. The number of carboxylic acid groups (broad SMARTS) is 1. The van der Waals surface area contributed by atoms with Gasteiger partial charge in [-0.1, -0.05) is 12.1 Å². The fourth-order valence-corrected chi connectivity index (χ4v) is 1.58. The van der Waals surface area contributed by atoms with E-state index in [1.54, 1.807) is 18.2 Å². The minimum absolute atomic E-state index is 0.258. The van der Waals surface area contributed by atoms with Crippen LogP contribution in [0.3, 0.4) is 0 Å². The number of ketones is 1. The second-order valence-corrected chi connectivity index (χ2v) is 4.23. The summed E-state index contributed by atoms with van der Waals surface area (Å²) in [4.78, 5) is 22.6. The van der Waals surface area contributed by atoms with Crippen molar-refractivity contribution >= 4 is 41.0 Å². The first-order chi connectivity index (χ1) is 7.93. The number of benzene rings is 1. The van der Waals surface area contributed by atoms with E-state index in [1.165, 1.54) is 6.07 Å². The van der Waals surface area contributed by atoms with E-state index in [1.807, 2.05) is 0 Å². The molecule has 0 aromatic heterocycles. The second kappa shape index (κ2) is 5.86. The normalized spacial score (nSPS) is 12.4. The molecule has 1 atom stereocenters. The molecule has 0 aliphatic rings. The van der Waals surface area contributed by atoms with E-state index in [4.69, 9.17) is 34.4 Å². The molecular formula is C10H10Cl2N2O3. The average molecular weight is 277 g/mol. The Morgan fingerprint density at radius 1 is 1.35 bits per heavy atom. The van der Waals surface area contributed by atoms with E-state index in [0.717, 1.165) is 0 Å². The standard InChI is InChI=1S/C10H10Cl2N2O3/c11-14(12)8(10(16)17)5-9(15)6-3-1-2-4-7(6)13/h1-4,8H,5,13H2,(H,16,17)/t8-/m0/s1. The topological polar surface area (TPSA) is 83.6 Å². The zero-order valence-corrected chi connectivity index (χ0v) is 10.1. The first-order valence-corrected chi connectivity index (χ1v) is 5.32. The summed E-state index contributed by atoms with van der Waals surface area (Å²) in [6, 6.07) is 5.09. The maximum atomic E-state index is 11.8. The van der Waals surface area contributed by atoms with Crippen molar-refractivity contribution in [2.24, 2.45) is 0 Å². The van der Waals surface area contributed by atoms with Gasteiger partial charge < -0.3 is 10.8 Å². The summed E-state index contributed by atoms with van der Waals surface area (Å²) < 4.78 is 0.444.